The van der Waals surface area contributed by atoms with E-state index < -0.39 is 5.92 Å². The number of carbonyl (C=O) groups is 2. The van der Waals surface area contributed by atoms with E-state index in [0.717, 1.165) is 43.6 Å². The number of nitrogens with zero attached hydrogens (tertiary/aromatic N) is 1. The predicted molar refractivity (Wildman–Crippen MR) is 132 cm³/mol. The number of hydrogen-bond acceptors (Lipinski definition) is 5. The fourth-order valence-corrected chi connectivity index (χ4v) is 4.46. The molecule has 1 atom stereocenters. The second-order valence-electron chi connectivity index (χ2n) is 8.73. The molecule has 1 aliphatic rings. The number of ether oxygens (including phenoxy) is 2. The van der Waals surface area contributed by atoms with Crippen LogP contribution >= 0.6 is 0 Å². The number of piperidine rings is 1. The molecule has 1 heterocycles. The van der Waals surface area contributed by atoms with Crippen LogP contribution in [0.25, 0.3) is 0 Å². The number of hydrogen-bond donors (Lipinski definition) is 0. The SMILES string of the molecule is O=CCOc1cccc(C(C(=O)OCC2CCN(Cc3ccccc3)CC2)c2ccccc2)c1. The lowest BCUT2D eigenvalue weighted by molar-refractivity contribution is -0.146. The van der Waals surface area contributed by atoms with Crippen molar-refractivity contribution >= 4 is 12.3 Å². The van der Waals surface area contributed by atoms with Gasteiger partial charge >= 0.3 is 5.97 Å². The van der Waals surface area contributed by atoms with Gasteiger partial charge in [-0.3, -0.25) is 14.5 Å². The van der Waals surface area contributed by atoms with Crippen molar-refractivity contribution in [2.75, 3.05) is 26.3 Å². The normalized spacial score (nSPS) is 15.4. The first-order valence-electron chi connectivity index (χ1n) is 11.9. The lowest BCUT2D eigenvalue weighted by atomic mass is 9.91. The minimum Gasteiger partial charge on any atom is -0.486 e. The summed E-state index contributed by atoms with van der Waals surface area (Å²) in [5.41, 5.74) is 2.99. The van der Waals surface area contributed by atoms with Crippen LogP contribution in [0.1, 0.15) is 35.4 Å². The van der Waals surface area contributed by atoms with E-state index in [2.05, 4.69) is 29.2 Å². The van der Waals surface area contributed by atoms with Crippen molar-refractivity contribution in [3.05, 3.63) is 102 Å². The van der Waals surface area contributed by atoms with Crippen LogP contribution in [0.4, 0.5) is 0 Å². The van der Waals surface area contributed by atoms with Crippen LogP contribution in [-0.2, 0) is 20.9 Å². The molecule has 3 aromatic carbocycles. The van der Waals surface area contributed by atoms with Crippen LogP contribution in [-0.4, -0.2) is 43.5 Å². The van der Waals surface area contributed by atoms with Crippen LogP contribution in [0.15, 0.2) is 84.9 Å². The minimum absolute atomic E-state index is 0.0210. The quantitative estimate of drug-likeness (QED) is 0.322. The van der Waals surface area contributed by atoms with Gasteiger partial charge < -0.3 is 9.47 Å². The molecule has 1 saturated heterocycles. The van der Waals surface area contributed by atoms with E-state index in [1.807, 2.05) is 54.6 Å². The highest BCUT2D eigenvalue weighted by molar-refractivity contribution is 5.82. The summed E-state index contributed by atoms with van der Waals surface area (Å²) in [4.78, 5) is 26.4. The highest BCUT2D eigenvalue weighted by Crippen LogP contribution is 2.29. The maximum absolute atomic E-state index is 13.3. The summed E-state index contributed by atoms with van der Waals surface area (Å²) in [6, 6.07) is 27.5. The summed E-state index contributed by atoms with van der Waals surface area (Å²) in [7, 11) is 0. The molecule has 34 heavy (non-hydrogen) atoms. The lowest BCUT2D eigenvalue weighted by Crippen LogP contribution is -2.35. The Kier molecular flexibility index (Phi) is 8.47. The van der Waals surface area contributed by atoms with Crippen molar-refractivity contribution in [3.63, 3.8) is 0 Å². The van der Waals surface area contributed by atoms with Gasteiger partial charge in [-0.25, -0.2) is 0 Å². The summed E-state index contributed by atoms with van der Waals surface area (Å²) >= 11 is 0. The summed E-state index contributed by atoms with van der Waals surface area (Å²) in [5.74, 6) is 0.128. The van der Waals surface area contributed by atoms with Gasteiger partial charge in [0.05, 0.1) is 6.61 Å². The Bertz CT molecular complexity index is 1050. The Balaban J connectivity index is 1.37. The molecule has 1 unspecified atom stereocenters. The van der Waals surface area contributed by atoms with Gasteiger partial charge in [0.15, 0.2) is 6.29 Å². The average Bonchev–Trinajstić information content (AvgIpc) is 2.89. The zero-order valence-electron chi connectivity index (χ0n) is 19.3. The topological polar surface area (TPSA) is 55.8 Å². The minimum atomic E-state index is -0.542. The van der Waals surface area contributed by atoms with Gasteiger partial charge in [0.25, 0.3) is 0 Å². The van der Waals surface area contributed by atoms with Crippen LogP contribution in [0, 0.1) is 5.92 Å². The van der Waals surface area contributed by atoms with Crippen molar-refractivity contribution in [1.29, 1.82) is 0 Å². The molecule has 0 aliphatic carbocycles. The lowest BCUT2D eigenvalue weighted by Gasteiger charge is -2.32. The molecule has 0 amide bonds. The zero-order chi connectivity index (χ0) is 23.6. The van der Waals surface area contributed by atoms with Crippen molar-refractivity contribution in [3.8, 4) is 5.75 Å². The van der Waals surface area contributed by atoms with Gasteiger partial charge in [-0.2, -0.15) is 0 Å². The van der Waals surface area contributed by atoms with Gasteiger partial charge in [0.1, 0.15) is 18.3 Å². The molecule has 0 saturated carbocycles. The fraction of sp³-hybridized carbons (Fsp3) is 0.310. The van der Waals surface area contributed by atoms with Crippen LogP contribution < -0.4 is 4.74 Å². The number of likely N-dealkylation sites (tertiary alicyclic amines) is 1. The van der Waals surface area contributed by atoms with E-state index in [1.165, 1.54) is 5.56 Å². The molecule has 0 spiro atoms. The summed E-state index contributed by atoms with van der Waals surface area (Å²) in [6.45, 7) is 3.40. The third-order valence-corrected chi connectivity index (χ3v) is 6.30. The molecule has 1 fully saturated rings. The van der Waals surface area contributed by atoms with Crippen LogP contribution in [0.3, 0.4) is 0 Å². The average molecular weight is 458 g/mol. The summed E-state index contributed by atoms with van der Waals surface area (Å²) in [6.07, 6.45) is 2.75. The van der Waals surface area contributed by atoms with E-state index in [-0.39, 0.29) is 12.6 Å². The monoisotopic (exact) mass is 457 g/mol. The Morgan fingerprint density at radius 3 is 2.29 bits per heavy atom. The first kappa shape index (κ1) is 23.7. The smallest absolute Gasteiger partial charge is 0.317 e. The predicted octanol–water partition coefficient (Wildman–Crippen LogP) is 4.85. The molecule has 0 radical (unpaired) electrons. The maximum Gasteiger partial charge on any atom is 0.317 e. The van der Waals surface area contributed by atoms with E-state index in [4.69, 9.17) is 9.47 Å². The first-order chi connectivity index (χ1) is 16.7. The molecule has 0 N–H and O–H groups in total. The third kappa shape index (κ3) is 6.55. The summed E-state index contributed by atoms with van der Waals surface area (Å²) in [5, 5.41) is 0. The molecule has 1 aliphatic heterocycles. The molecule has 3 aromatic rings. The Labute approximate surface area is 201 Å². The fourth-order valence-electron chi connectivity index (χ4n) is 4.46. The maximum atomic E-state index is 13.3. The molecule has 0 bridgehead atoms. The van der Waals surface area contributed by atoms with Crippen molar-refractivity contribution < 1.29 is 19.1 Å². The van der Waals surface area contributed by atoms with Gasteiger partial charge in [-0.1, -0.05) is 72.8 Å². The zero-order valence-corrected chi connectivity index (χ0v) is 19.3. The van der Waals surface area contributed by atoms with E-state index in [0.29, 0.717) is 24.6 Å². The molecule has 0 aromatic heterocycles. The number of rotatable bonds is 10. The van der Waals surface area contributed by atoms with Gasteiger partial charge in [0, 0.05) is 6.54 Å². The second kappa shape index (κ2) is 12.1. The number of aldehydes is 1. The van der Waals surface area contributed by atoms with Crippen molar-refractivity contribution in [1.82, 2.24) is 4.90 Å². The van der Waals surface area contributed by atoms with Crippen LogP contribution in [0.5, 0.6) is 5.75 Å². The number of esters is 1. The Hall–Kier alpha value is -3.44. The Morgan fingerprint density at radius 2 is 1.59 bits per heavy atom. The first-order valence-corrected chi connectivity index (χ1v) is 11.9. The van der Waals surface area contributed by atoms with E-state index >= 15 is 0 Å². The van der Waals surface area contributed by atoms with Crippen LogP contribution in [0.2, 0.25) is 0 Å². The molecule has 4 rings (SSSR count). The van der Waals surface area contributed by atoms with Crippen molar-refractivity contribution in [2.45, 2.75) is 25.3 Å². The summed E-state index contributed by atoms with van der Waals surface area (Å²) < 4.78 is 11.3. The largest absolute Gasteiger partial charge is 0.486 e. The molecule has 5 nitrogen and oxygen atoms in total. The number of benzene rings is 3. The molecule has 5 heteroatoms. The molecule has 176 valence electrons. The van der Waals surface area contributed by atoms with Gasteiger partial charge in [-0.15, -0.1) is 0 Å². The number of carbonyl (C=O) groups excluding carboxylic acids is 2. The highest BCUT2D eigenvalue weighted by Gasteiger charge is 2.27. The Morgan fingerprint density at radius 1 is 0.912 bits per heavy atom. The van der Waals surface area contributed by atoms with Gasteiger partial charge in [0.2, 0.25) is 0 Å². The van der Waals surface area contributed by atoms with E-state index in [1.54, 1.807) is 6.07 Å². The third-order valence-electron chi connectivity index (χ3n) is 6.30. The molecular formula is C29H31NO4. The van der Waals surface area contributed by atoms with Gasteiger partial charge in [-0.05, 0) is 60.7 Å². The standard InChI is InChI=1S/C29H31NO4/c31-18-19-33-27-13-7-12-26(20-27)28(25-10-5-2-6-11-25)29(32)34-22-24-14-16-30(17-15-24)21-23-8-3-1-4-9-23/h1-13,18,20,24,28H,14-17,19,21-22H2. The second-order valence-corrected chi connectivity index (χ2v) is 8.73. The van der Waals surface area contributed by atoms with Crippen molar-refractivity contribution in [2.24, 2.45) is 5.92 Å². The molecular weight excluding hydrogens is 426 g/mol. The van der Waals surface area contributed by atoms with E-state index in [9.17, 15) is 9.59 Å². The highest BCUT2D eigenvalue weighted by atomic mass is 16.5.